The van der Waals surface area contributed by atoms with Gasteiger partial charge in [0.05, 0.1) is 10.0 Å². The maximum absolute atomic E-state index is 12.5. The van der Waals surface area contributed by atoms with Crippen LogP contribution in [0.15, 0.2) is 46.9 Å². The number of benzene rings is 2. The van der Waals surface area contributed by atoms with E-state index in [0.717, 1.165) is 17.7 Å². The van der Waals surface area contributed by atoms with Gasteiger partial charge in [0.25, 0.3) is 0 Å². The predicted octanol–water partition coefficient (Wildman–Crippen LogP) is 4.72. The molecule has 0 bridgehead atoms. The first-order valence-corrected chi connectivity index (χ1v) is 6.53. The number of rotatable bonds is 3. The van der Waals surface area contributed by atoms with E-state index in [-0.39, 0.29) is 4.47 Å². The van der Waals surface area contributed by atoms with Crippen LogP contribution in [0, 0.1) is 0 Å². The second kappa shape index (κ2) is 5.85. The van der Waals surface area contributed by atoms with Crippen molar-refractivity contribution in [2.75, 3.05) is 0 Å². The standard InChI is InChI=1S/C14H11BrF3NO/c15-12-7-10(14(16,17)18)3-6-13(12)20-11-4-1-9(8-19)2-5-11/h1-7H,8,19H2. The van der Waals surface area contributed by atoms with Crippen molar-refractivity contribution in [3.05, 3.63) is 58.1 Å². The highest BCUT2D eigenvalue weighted by Gasteiger charge is 2.30. The van der Waals surface area contributed by atoms with E-state index in [1.165, 1.54) is 6.07 Å². The molecule has 20 heavy (non-hydrogen) atoms. The first-order chi connectivity index (χ1) is 9.40. The summed E-state index contributed by atoms with van der Waals surface area (Å²) < 4.78 is 43.4. The van der Waals surface area contributed by atoms with E-state index in [9.17, 15) is 13.2 Å². The van der Waals surface area contributed by atoms with Crippen LogP contribution in [-0.4, -0.2) is 0 Å². The zero-order valence-electron chi connectivity index (χ0n) is 10.2. The average Bonchev–Trinajstić information content (AvgIpc) is 2.41. The molecule has 0 spiro atoms. The van der Waals surface area contributed by atoms with Gasteiger partial charge in [-0.05, 0) is 51.8 Å². The minimum absolute atomic E-state index is 0.246. The molecule has 0 heterocycles. The Bertz CT molecular complexity index is 596. The van der Waals surface area contributed by atoms with E-state index < -0.39 is 11.7 Å². The number of alkyl halides is 3. The third kappa shape index (κ3) is 3.52. The Labute approximate surface area is 122 Å². The lowest BCUT2D eigenvalue weighted by Crippen LogP contribution is -2.04. The molecule has 2 nitrogen and oxygen atoms in total. The molecule has 2 N–H and O–H groups in total. The fourth-order valence-electron chi connectivity index (χ4n) is 1.58. The Morgan fingerprint density at radius 1 is 1.05 bits per heavy atom. The quantitative estimate of drug-likeness (QED) is 0.873. The van der Waals surface area contributed by atoms with Crippen LogP contribution in [0.25, 0.3) is 0 Å². The van der Waals surface area contributed by atoms with Crippen molar-refractivity contribution in [3.8, 4) is 11.5 Å². The molecule has 0 aliphatic carbocycles. The minimum atomic E-state index is -4.37. The summed E-state index contributed by atoms with van der Waals surface area (Å²) in [5, 5.41) is 0. The van der Waals surface area contributed by atoms with E-state index in [0.29, 0.717) is 18.0 Å². The Hall–Kier alpha value is -1.53. The van der Waals surface area contributed by atoms with Crippen molar-refractivity contribution in [2.24, 2.45) is 5.73 Å². The van der Waals surface area contributed by atoms with E-state index in [2.05, 4.69) is 15.9 Å². The van der Waals surface area contributed by atoms with Crippen molar-refractivity contribution < 1.29 is 17.9 Å². The van der Waals surface area contributed by atoms with Crippen LogP contribution >= 0.6 is 15.9 Å². The van der Waals surface area contributed by atoms with Gasteiger partial charge in [-0.25, -0.2) is 0 Å². The lowest BCUT2D eigenvalue weighted by Gasteiger charge is -2.11. The molecule has 0 fully saturated rings. The van der Waals surface area contributed by atoms with E-state index in [4.69, 9.17) is 10.5 Å². The van der Waals surface area contributed by atoms with Crippen LogP contribution in [-0.2, 0) is 12.7 Å². The smallest absolute Gasteiger partial charge is 0.416 e. The van der Waals surface area contributed by atoms with Crippen molar-refractivity contribution in [1.82, 2.24) is 0 Å². The molecule has 2 rings (SSSR count). The topological polar surface area (TPSA) is 35.2 Å². The molecule has 0 aromatic heterocycles. The van der Waals surface area contributed by atoms with E-state index >= 15 is 0 Å². The molecule has 0 radical (unpaired) electrons. The molecule has 0 amide bonds. The van der Waals surface area contributed by atoms with Gasteiger partial charge < -0.3 is 10.5 Å². The minimum Gasteiger partial charge on any atom is -0.456 e. The molecule has 106 valence electrons. The highest BCUT2D eigenvalue weighted by atomic mass is 79.9. The largest absolute Gasteiger partial charge is 0.456 e. The maximum Gasteiger partial charge on any atom is 0.416 e. The highest BCUT2D eigenvalue weighted by molar-refractivity contribution is 9.10. The summed E-state index contributed by atoms with van der Waals surface area (Å²) in [4.78, 5) is 0. The summed E-state index contributed by atoms with van der Waals surface area (Å²) in [6.07, 6.45) is -4.37. The Balaban J connectivity index is 2.21. The zero-order chi connectivity index (χ0) is 14.8. The third-order valence-corrected chi connectivity index (χ3v) is 3.27. The van der Waals surface area contributed by atoms with Crippen LogP contribution in [0.2, 0.25) is 0 Å². The Morgan fingerprint density at radius 2 is 1.70 bits per heavy atom. The molecule has 0 atom stereocenters. The number of ether oxygens (including phenoxy) is 1. The van der Waals surface area contributed by atoms with Gasteiger partial charge in [0.1, 0.15) is 11.5 Å². The van der Waals surface area contributed by atoms with Gasteiger partial charge in [-0.2, -0.15) is 13.2 Å². The molecule has 0 saturated heterocycles. The molecule has 6 heteroatoms. The van der Waals surface area contributed by atoms with E-state index in [1.54, 1.807) is 24.3 Å². The maximum atomic E-state index is 12.5. The average molecular weight is 346 g/mol. The van der Waals surface area contributed by atoms with Crippen LogP contribution < -0.4 is 10.5 Å². The molecular formula is C14H11BrF3NO. The molecule has 0 saturated carbocycles. The monoisotopic (exact) mass is 345 g/mol. The van der Waals surface area contributed by atoms with Gasteiger partial charge in [0.15, 0.2) is 0 Å². The van der Waals surface area contributed by atoms with Crippen LogP contribution in [0.4, 0.5) is 13.2 Å². The van der Waals surface area contributed by atoms with Crippen molar-refractivity contribution in [3.63, 3.8) is 0 Å². The van der Waals surface area contributed by atoms with E-state index in [1.807, 2.05) is 0 Å². The molecule has 0 aliphatic rings. The SMILES string of the molecule is NCc1ccc(Oc2ccc(C(F)(F)F)cc2Br)cc1. The van der Waals surface area contributed by atoms with Crippen LogP contribution in [0.1, 0.15) is 11.1 Å². The summed E-state index contributed by atoms with van der Waals surface area (Å²) in [6.45, 7) is 0.421. The molecule has 0 unspecified atom stereocenters. The predicted molar refractivity (Wildman–Crippen MR) is 73.6 cm³/mol. The van der Waals surface area contributed by atoms with Gasteiger partial charge >= 0.3 is 6.18 Å². The van der Waals surface area contributed by atoms with Gasteiger partial charge in [-0.3, -0.25) is 0 Å². The van der Waals surface area contributed by atoms with Crippen LogP contribution in [0.3, 0.4) is 0 Å². The summed E-state index contributed by atoms with van der Waals surface area (Å²) in [5.74, 6) is 0.848. The summed E-state index contributed by atoms with van der Waals surface area (Å²) in [5.41, 5.74) is 5.70. The molecule has 0 aliphatic heterocycles. The lowest BCUT2D eigenvalue weighted by atomic mass is 10.2. The lowest BCUT2D eigenvalue weighted by molar-refractivity contribution is -0.137. The van der Waals surface area contributed by atoms with Crippen molar-refractivity contribution >= 4 is 15.9 Å². The molecular weight excluding hydrogens is 335 g/mol. The number of halogens is 4. The van der Waals surface area contributed by atoms with Crippen molar-refractivity contribution in [1.29, 1.82) is 0 Å². The second-order valence-electron chi connectivity index (χ2n) is 4.09. The summed E-state index contributed by atoms with van der Waals surface area (Å²) in [7, 11) is 0. The fraction of sp³-hybridized carbons (Fsp3) is 0.143. The first kappa shape index (κ1) is 14.9. The third-order valence-electron chi connectivity index (χ3n) is 2.65. The second-order valence-corrected chi connectivity index (χ2v) is 4.95. The summed E-state index contributed by atoms with van der Waals surface area (Å²) >= 11 is 3.08. The molecule has 2 aromatic carbocycles. The van der Waals surface area contributed by atoms with Gasteiger partial charge in [0, 0.05) is 6.54 Å². The Kier molecular flexibility index (Phi) is 4.35. The van der Waals surface area contributed by atoms with Gasteiger partial charge in [0.2, 0.25) is 0 Å². The van der Waals surface area contributed by atoms with Crippen molar-refractivity contribution in [2.45, 2.75) is 12.7 Å². The first-order valence-electron chi connectivity index (χ1n) is 5.74. The number of hydrogen-bond acceptors (Lipinski definition) is 2. The Morgan fingerprint density at radius 3 is 2.20 bits per heavy atom. The number of nitrogens with two attached hydrogens (primary N) is 1. The zero-order valence-corrected chi connectivity index (χ0v) is 11.8. The summed E-state index contributed by atoms with van der Waals surface area (Å²) in [6, 6.07) is 10.3. The van der Waals surface area contributed by atoms with Crippen LogP contribution in [0.5, 0.6) is 11.5 Å². The fourth-order valence-corrected chi connectivity index (χ4v) is 2.04. The number of hydrogen-bond donors (Lipinski definition) is 1. The van der Waals surface area contributed by atoms with Gasteiger partial charge in [-0.1, -0.05) is 12.1 Å². The molecule has 2 aromatic rings. The van der Waals surface area contributed by atoms with Gasteiger partial charge in [-0.15, -0.1) is 0 Å². The normalized spacial score (nSPS) is 11.4. The highest BCUT2D eigenvalue weighted by Crippen LogP contribution is 2.36.